The van der Waals surface area contributed by atoms with Gasteiger partial charge in [-0.25, -0.2) is 4.79 Å². The van der Waals surface area contributed by atoms with Crippen molar-refractivity contribution in [3.63, 3.8) is 0 Å². The first-order chi connectivity index (χ1) is 9.04. The molecule has 4 atom stereocenters. The van der Waals surface area contributed by atoms with Crippen LogP contribution < -0.4 is 11.2 Å². The molecule has 3 N–H and O–H groups in total. The van der Waals surface area contributed by atoms with E-state index in [1.54, 1.807) is 0 Å². The maximum absolute atomic E-state index is 11.6. The number of nitrogens with one attached hydrogen (secondary N) is 1. The molecule has 0 radical (unpaired) electrons. The normalized spacial score (nSPS) is 30.0. The Hall–Kier alpha value is -2.13. The molecular formula is C9H11N5O5. The number of nitrogens with zero attached hydrogens (tertiary/aromatic N) is 4. The molecule has 1 saturated heterocycles. The van der Waals surface area contributed by atoms with Gasteiger partial charge in [0.25, 0.3) is 5.56 Å². The summed E-state index contributed by atoms with van der Waals surface area (Å²) >= 11 is 0. The lowest BCUT2D eigenvalue weighted by atomic mass is 10.1. The Morgan fingerprint density at radius 3 is 2.84 bits per heavy atom. The molecule has 10 nitrogen and oxygen atoms in total. The van der Waals surface area contributed by atoms with E-state index in [1.165, 1.54) is 0 Å². The third-order valence-corrected chi connectivity index (χ3v) is 2.79. The molecule has 0 aromatic carbocycles. The van der Waals surface area contributed by atoms with Crippen LogP contribution in [0, 0.1) is 0 Å². The molecule has 1 aromatic rings. The highest BCUT2D eigenvalue weighted by Gasteiger charge is 2.43. The Labute approximate surface area is 105 Å². The third-order valence-electron chi connectivity index (χ3n) is 2.79. The number of hydrogen-bond donors (Lipinski definition) is 3. The van der Waals surface area contributed by atoms with Gasteiger partial charge in [0.15, 0.2) is 6.23 Å². The Bertz CT molecular complexity index is 618. The molecule has 0 bridgehead atoms. The topological polar surface area (TPSA) is 153 Å². The standard InChI is InChI=1S/C9H11N5O5/c10-13-11-3-4-6(16)7(17)8(19-4)14-2-1-5(15)12-9(14)18/h1-2,4,6-8,16-17H,3H2,(H,12,15,18)/t4-,6?,7?,8-/m0/s1. The minimum absolute atomic E-state index is 0.177. The van der Waals surface area contributed by atoms with Gasteiger partial charge in [-0.05, 0) is 5.53 Å². The van der Waals surface area contributed by atoms with Crippen molar-refractivity contribution in [3.8, 4) is 0 Å². The van der Waals surface area contributed by atoms with Gasteiger partial charge >= 0.3 is 5.69 Å². The maximum atomic E-state index is 11.6. The van der Waals surface area contributed by atoms with Gasteiger partial charge in [-0.2, -0.15) is 0 Å². The molecule has 0 amide bonds. The predicted octanol–water partition coefficient (Wildman–Crippen LogP) is -1.53. The molecule has 0 saturated carbocycles. The van der Waals surface area contributed by atoms with Crippen LogP contribution in [0.1, 0.15) is 6.23 Å². The Morgan fingerprint density at radius 2 is 2.21 bits per heavy atom. The largest absolute Gasteiger partial charge is 0.388 e. The number of hydrogen-bond acceptors (Lipinski definition) is 6. The van der Waals surface area contributed by atoms with Crippen molar-refractivity contribution in [2.75, 3.05) is 6.54 Å². The molecule has 2 rings (SSSR count). The molecule has 0 spiro atoms. The number of aliphatic hydroxyl groups is 2. The van der Waals surface area contributed by atoms with Crippen molar-refractivity contribution in [2.24, 2.45) is 5.11 Å². The third kappa shape index (κ3) is 2.51. The Morgan fingerprint density at radius 1 is 1.47 bits per heavy atom. The molecule has 102 valence electrons. The fourth-order valence-corrected chi connectivity index (χ4v) is 1.85. The summed E-state index contributed by atoms with van der Waals surface area (Å²) in [6.45, 7) is -0.177. The second-order valence-corrected chi connectivity index (χ2v) is 3.98. The summed E-state index contributed by atoms with van der Waals surface area (Å²) in [4.78, 5) is 27.0. The lowest BCUT2D eigenvalue weighted by molar-refractivity contribution is -0.0372. The summed E-state index contributed by atoms with van der Waals surface area (Å²) in [5, 5.41) is 22.8. The molecule has 1 aliphatic heterocycles. The van der Waals surface area contributed by atoms with Gasteiger partial charge in [0.05, 0.1) is 12.6 Å². The summed E-state index contributed by atoms with van der Waals surface area (Å²) in [6, 6.07) is 1.09. The molecule has 1 aromatic heterocycles. The lowest BCUT2D eigenvalue weighted by Crippen LogP contribution is -2.37. The average Bonchev–Trinajstić information content (AvgIpc) is 2.64. The van der Waals surface area contributed by atoms with E-state index in [9.17, 15) is 19.8 Å². The highest BCUT2D eigenvalue weighted by molar-refractivity contribution is 4.93. The van der Waals surface area contributed by atoms with Crippen LogP contribution in [0.15, 0.2) is 27.0 Å². The number of azide groups is 1. The molecule has 2 unspecified atom stereocenters. The Balaban J connectivity index is 2.28. The van der Waals surface area contributed by atoms with Crippen molar-refractivity contribution in [1.82, 2.24) is 9.55 Å². The molecule has 0 aliphatic carbocycles. The van der Waals surface area contributed by atoms with E-state index >= 15 is 0 Å². The smallest absolute Gasteiger partial charge is 0.330 e. The zero-order valence-electron chi connectivity index (χ0n) is 9.58. The summed E-state index contributed by atoms with van der Waals surface area (Å²) in [5.74, 6) is 0. The minimum atomic E-state index is -1.37. The molecule has 1 fully saturated rings. The first-order valence-electron chi connectivity index (χ1n) is 5.38. The van der Waals surface area contributed by atoms with Crippen molar-refractivity contribution in [1.29, 1.82) is 0 Å². The Kier molecular flexibility index (Phi) is 3.67. The van der Waals surface area contributed by atoms with Crippen molar-refractivity contribution in [3.05, 3.63) is 43.5 Å². The second kappa shape index (κ2) is 5.24. The average molecular weight is 269 g/mol. The monoisotopic (exact) mass is 269 g/mol. The first-order valence-corrected chi connectivity index (χ1v) is 5.38. The first kappa shape index (κ1) is 13.3. The van der Waals surface area contributed by atoms with Crippen LogP contribution in [-0.2, 0) is 4.74 Å². The summed E-state index contributed by atoms with van der Waals surface area (Å²) in [7, 11) is 0. The van der Waals surface area contributed by atoms with Gasteiger partial charge in [-0.3, -0.25) is 14.3 Å². The fourth-order valence-electron chi connectivity index (χ4n) is 1.85. The molecule has 10 heteroatoms. The van der Waals surface area contributed by atoms with Gasteiger partial charge in [-0.15, -0.1) is 0 Å². The zero-order chi connectivity index (χ0) is 14.0. The van der Waals surface area contributed by atoms with E-state index in [0.29, 0.717) is 0 Å². The highest BCUT2D eigenvalue weighted by Crippen LogP contribution is 2.28. The number of H-pyrrole nitrogens is 1. The number of aromatic nitrogens is 2. The van der Waals surface area contributed by atoms with Gasteiger partial charge < -0.3 is 14.9 Å². The van der Waals surface area contributed by atoms with E-state index in [-0.39, 0.29) is 6.54 Å². The van der Waals surface area contributed by atoms with Gasteiger partial charge in [0, 0.05) is 17.2 Å². The molecule has 1 aliphatic rings. The minimum Gasteiger partial charge on any atom is -0.388 e. The van der Waals surface area contributed by atoms with Crippen LogP contribution in [0.2, 0.25) is 0 Å². The SMILES string of the molecule is [N-]=[N+]=NC[C@@H]1O[C@H](n2ccc(=O)[nH]c2=O)C(O)C1O. The number of ether oxygens (including phenoxy) is 1. The van der Waals surface area contributed by atoms with Crippen molar-refractivity contribution < 1.29 is 14.9 Å². The van der Waals surface area contributed by atoms with E-state index < -0.39 is 35.8 Å². The number of aliphatic hydroxyl groups excluding tert-OH is 2. The summed E-state index contributed by atoms with van der Waals surface area (Å²) in [6.07, 6.45) is -3.60. The van der Waals surface area contributed by atoms with E-state index in [2.05, 4.69) is 10.0 Å². The quantitative estimate of drug-likeness (QED) is 0.345. The van der Waals surface area contributed by atoms with E-state index in [4.69, 9.17) is 10.3 Å². The number of aromatic amines is 1. The molecular weight excluding hydrogens is 258 g/mol. The van der Waals surface area contributed by atoms with Gasteiger partial charge in [0.1, 0.15) is 12.2 Å². The summed E-state index contributed by atoms with van der Waals surface area (Å²) < 4.78 is 6.22. The zero-order valence-corrected chi connectivity index (χ0v) is 9.58. The van der Waals surface area contributed by atoms with Crippen LogP contribution in [0.25, 0.3) is 10.4 Å². The van der Waals surface area contributed by atoms with Crippen LogP contribution >= 0.6 is 0 Å². The molecule has 2 heterocycles. The predicted molar refractivity (Wildman–Crippen MR) is 61.3 cm³/mol. The van der Waals surface area contributed by atoms with E-state index in [1.807, 2.05) is 4.98 Å². The second-order valence-electron chi connectivity index (χ2n) is 3.98. The molecule has 19 heavy (non-hydrogen) atoms. The highest BCUT2D eigenvalue weighted by atomic mass is 16.6. The fraction of sp³-hybridized carbons (Fsp3) is 0.556. The van der Waals surface area contributed by atoms with Crippen LogP contribution in [0.5, 0.6) is 0 Å². The van der Waals surface area contributed by atoms with Crippen LogP contribution in [0.4, 0.5) is 0 Å². The van der Waals surface area contributed by atoms with Gasteiger partial charge in [-0.1, -0.05) is 5.11 Å². The van der Waals surface area contributed by atoms with Crippen molar-refractivity contribution >= 4 is 0 Å². The van der Waals surface area contributed by atoms with Crippen LogP contribution in [-0.4, -0.2) is 44.6 Å². The summed E-state index contributed by atoms with van der Waals surface area (Å²) in [5.41, 5.74) is 6.85. The number of rotatable bonds is 3. The van der Waals surface area contributed by atoms with Crippen LogP contribution in [0.3, 0.4) is 0 Å². The lowest BCUT2D eigenvalue weighted by Gasteiger charge is -2.16. The van der Waals surface area contributed by atoms with Gasteiger partial charge in [0.2, 0.25) is 0 Å². The van der Waals surface area contributed by atoms with E-state index in [0.717, 1.165) is 16.8 Å². The maximum Gasteiger partial charge on any atom is 0.330 e. The van der Waals surface area contributed by atoms with Crippen molar-refractivity contribution in [2.45, 2.75) is 24.5 Å².